The Bertz CT molecular complexity index is 536. The summed E-state index contributed by atoms with van der Waals surface area (Å²) in [4.78, 5) is 14.2. The molecule has 1 aliphatic carbocycles. The van der Waals surface area contributed by atoms with Crippen LogP contribution in [0.3, 0.4) is 0 Å². The Labute approximate surface area is 124 Å². The van der Waals surface area contributed by atoms with Gasteiger partial charge in [-0.1, -0.05) is 26.8 Å². The van der Waals surface area contributed by atoms with Crippen LogP contribution in [0, 0.1) is 17.0 Å². The summed E-state index contributed by atoms with van der Waals surface area (Å²) in [5, 5.41) is 0. The zero-order valence-corrected chi connectivity index (χ0v) is 12.7. The minimum Gasteiger partial charge on any atom is -0.334 e. The van der Waals surface area contributed by atoms with Crippen LogP contribution in [0.15, 0.2) is 18.2 Å². The third-order valence-electron chi connectivity index (χ3n) is 3.83. The quantitative estimate of drug-likeness (QED) is 0.928. The number of halogens is 2. The average Bonchev–Trinajstić information content (AvgIpc) is 3.19. The first-order chi connectivity index (χ1) is 9.70. The molecule has 0 saturated heterocycles. The molecule has 0 unspecified atom stereocenters. The SMILES string of the molecule is CC(C)(C)[C@H](N)C(=O)N(Cc1ccc(F)cc1F)C1CC1. The van der Waals surface area contributed by atoms with Gasteiger partial charge in [0.1, 0.15) is 11.6 Å². The molecule has 1 aliphatic rings. The highest BCUT2D eigenvalue weighted by molar-refractivity contribution is 5.83. The van der Waals surface area contributed by atoms with Crippen molar-refractivity contribution in [3.05, 3.63) is 35.4 Å². The molecule has 1 saturated carbocycles. The van der Waals surface area contributed by atoms with Crippen molar-refractivity contribution >= 4 is 5.91 Å². The van der Waals surface area contributed by atoms with Gasteiger partial charge in [0.25, 0.3) is 0 Å². The molecular weight excluding hydrogens is 274 g/mol. The zero-order valence-electron chi connectivity index (χ0n) is 12.7. The lowest BCUT2D eigenvalue weighted by atomic mass is 9.86. The van der Waals surface area contributed by atoms with Gasteiger partial charge in [0.15, 0.2) is 0 Å². The van der Waals surface area contributed by atoms with E-state index in [1.807, 2.05) is 20.8 Å². The molecule has 116 valence electrons. The lowest BCUT2D eigenvalue weighted by molar-refractivity contribution is -0.136. The molecule has 0 spiro atoms. The van der Waals surface area contributed by atoms with Crippen LogP contribution in [0.4, 0.5) is 8.78 Å². The fourth-order valence-electron chi connectivity index (χ4n) is 2.16. The Morgan fingerprint density at radius 1 is 1.38 bits per heavy atom. The summed E-state index contributed by atoms with van der Waals surface area (Å²) < 4.78 is 26.7. The molecule has 1 atom stereocenters. The number of carbonyl (C=O) groups excluding carboxylic acids is 1. The number of rotatable bonds is 4. The summed E-state index contributed by atoms with van der Waals surface area (Å²) in [6, 6.07) is 2.92. The largest absolute Gasteiger partial charge is 0.334 e. The second-order valence-electron chi connectivity index (χ2n) is 6.78. The van der Waals surface area contributed by atoms with Crippen molar-refractivity contribution in [2.45, 2.75) is 52.2 Å². The number of nitrogens with zero attached hydrogens (tertiary/aromatic N) is 1. The molecule has 2 N–H and O–H groups in total. The molecule has 21 heavy (non-hydrogen) atoms. The minimum absolute atomic E-state index is 0.121. The van der Waals surface area contributed by atoms with E-state index >= 15 is 0 Å². The van der Waals surface area contributed by atoms with Crippen LogP contribution in [0.1, 0.15) is 39.2 Å². The first-order valence-electron chi connectivity index (χ1n) is 7.20. The van der Waals surface area contributed by atoms with E-state index in [9.17, 15) is 13.6 Å². The Morgan fingerprint density at radius 3 is 2.48 bits per heavy atom. The van der Waals surface area contributed by atoms with E-state index in [1.54, 1.807) is 4.90 Å². The van der Waals surface area contributed by atoms with Crippen LogP contribution in [0.25, 0.3) is 0 Å². The number of hydrogen-bond donors (Lipinski definition) is 1. The summed E-state index contributed by atoms with van der Waals surface area (Å²) in [6.07, 6.45) is 1.82. The highest BCUT2D eigenvalue weighted by atomic mass is 19.1. The molecule has 0 radical (unpaired) electrons. The molecule has 5 heteroatoms. The minimum atomic E-state index is -0.637. The predicted molar refractivity (Wildman–Crippen MR) is 77.4 cm³/mol. The van der Waals surface area contributed by atoms with Crippen LogP contribution in [0.5, 0.6) is 0 Å². The maximum absolute atomic E-state index is 13.8. The van der Waals surface area contributed by atoms with Gasteiger partial charge in [0.2, 0.25) is 5.91 Å². The Hall–Kier alpha value is -1.49. The number of amides is 1. The fourth-order valence-corrected chi connectivity index (χ4v) is 2.16. The van der Waals surface area contributed by atoms with Gasteiger partial charge in [-0.25, -0.2) is 8.78 Å². The average molecular weight is 296 g/mol. The van der Waals surface area contributed by atoms with E-state index in [-0.39, 0.29) is 23.9 Å². The third kappa shape index (κ3) is 3.79. The number of hydrogen-bond acceptors (Lipinski definition) is 2. The normalized spacial score (nSPS) is 16.7. The van der Waals surface area contributed by atoms with Crippen LogP contribution in [-0.2, 0) is 11.3 Å². The molecular formula is C16H22F2N2O. The lowest BCUT2D eigenvalue weighted by Gasteiger charge is -2.32. The van der Waals surface area contributed by atoms with Gasteiger partial charge in [-0.15, -0.1) is 0 Å². The van der Waals surface area contributed by atoms with Gasteiger partial charge in [-0.2, -0.15) is 0 Å². The molecule has 1 aromatic carbocycles. The van der Waals surface area contributed by atoms with E-state index < -0.39 is 17.7 Å². The van der Waals surface area contributed by atoms with Crippen LogP contribution < -0.4 is 5.73 Å². The van der Waals surface area contributed by atoms with Gasteiger partial charge in [-0.3, -0.25) is 4.79 Å². The summed E-state index contributed by atoms with van der Waals surface area (Å²) in [5.41, 5.74) is 5.99. The molecule has 3 nitrogen and oxygen atoms in total. The van der Waals surface area contributed by atoms with E-state index in [1.165, 1.54) is 12.1 Å². The zero-order chi connectivity index (χ0) is 15.8. The van der Waals surface area contributed by atoms with Crippen molar-refractivity contribution in [3.8, 4) is 0 Å². The standard InChI is InChI=1S/C16H22F2N2O/c1-16(2,3)14(19)15(21)20(12-6-7-12)9-10-4-5-11(17)8-13(10)18/h4-5,8,12,14H,6-7,9,19H2,1-3H3/t14-/m1/s1. The van der Waals surface area contributed by atoms with Gasteiger partial charge in [0, 0.05) is 24.2 Å². The number of carbonyl (C=O) groups is 1. The van der Waals surface area contributed by atoms with Crippen LogP contribution in [-0.4, -0.2) is 22.9 Å². The van der Waals surface area contributed by atoms with E-state index in [2.05, 4.69) is 0 Å². The molecule has 1 fully saturated rings. The van der Waals surface area contributed by atoms with Gasteiger partial charge in [-0.05, 0) is 24.3 Å². The van der Waals surface area contributed by atoms with Crippen molar-refractivity contribution in [2.24, 2.45) is 11.1 Å². The molecule has 1 amide bonds. The monoisotopic (exact) mass is 296 g/mol. The topological polar surface area (TPSA) is 46.3 Å². The van der Waals surface area contributed by atoms with Crippen LogP contribution in [0.2, 0.25) is 0 Å². The van der Waals surface area contributed by atoms with Crippen molar-refractivity contribution in [1.29, 1.82) is 0 Å². The maximum Gasteiger partial charge on any atom is 0.240 e. The third-order valence-corrected chi connectivity index (χ3v) is 3.83. The predicted octanol–water partition coefficient (Wildman–Crippen LogP) is 2.83. The Balaban J connectivity index is 2.18. The number of nitrogens with two attached hydrogens (primary N) is 1. The lowest BCUT2D eigenvalue weighted by Crippen LogP contribution is -2.50. The first kappa shape index (κ1) is 15.9. The maximum atomic E-state index is 13.8. The molecule has 0 aromatic heterocycles. The molecule has 2 rings (SSSR count). The molecule has 0 aliphatic heterocycles. The van der Waals surface area contributed by atoms with E-state index in [0.29, 0.717) is 5.56 Å². The summed E-state index contributed by atoms with van der Waals surface area (Å²) >= 11 is 0. The summed E-state index contributed by atoms with van der Waals surface area (Å²) in [7, 11) is 0. The van der Waals surface area contributed by atoms with Gasteiger partial charge < -0.3 is 10.6 Å². The highest BCUT2D eigenvalue weighted by Crippen LogP contribution is 2.31. The fraction of sp³-hybridized carbons (Fsp3) is 0.562. The molecule has 0 heterocycles. The van der Waals surface area contributed by atoms with E-state index in [0.717, 1.165) is 18.9 Å². The molecule has 0 bridgehead atoms. The summed E-state index contributed by atoms with van der Waals surface area (Å²) in [6.45, 7) is 5.84. The van der Waals surface area contributed by atoms with E-state index in [4.69, 9.17) is 5.73 Å². The van der Waals surface area contributed by atoms with Crippen molar-refractivity contribution in [1.82, 2.24) is 4.90 Å². The summed E-state index contributed by atoms with van der Waals surface area (Å²) in [5.74, 6) is -1.42. The van der Waals surface area contributed by atoms with Crippen molar-refractivity contribution < 1.29 is 13.6 Å². The van der Waals surface area contributed by atoms with Crippen molar-refractivity contribution in [2.75, 3.05) is 0 Å². The Kier molecular flexibility index (Phi) is 4.33. The highest BCUT2D eigenvalue weighted by Gasteiger charge is 2.38. The van der Waals surface area contributed by atoms with Gasteiger partial charge in [0.05, 0.1) is 6.04 Å². The first-order valence-corrected chi connectivity index (χ1v) is 7.20. The van der Waals surface area contributed by atoms with Crippen LogP contribution >= 0.6 is 0 Å². The van der Waals surface area contributed by atoms with Crippen molar-refractivity contribution in [3.63, 3.8) is 0 Å². The second-order valence-corrected chi connectivity index (χ2v) is 6.78. The van der Waals surface area contributed by atoms with Gasteiger partial charge >= 0.3 is 0 Å². The molecule has 1 aromatic rings. The Morgan fingerprint density at radius 2 is 2.00 bits per heavy atom. The number of benzene rings is 1. The smallest absolute Gasteiger partial charge is 0.240 e. The second kappa shape index (κ2) is 5.72.